The van der Waals surface area contributed by atoms with Crippen LogP contribution in [0.25, 0.3) is 21.3 Å². The third kappa shape index (κ3) is 7.35. The van der Waals surface area contributed by atoms with Gasteiger partial charge in [0.25, 0.3) is 11.1 Å². The Morgan fingerprint density at radius 3 is 2.46 bits per heavy atom. The first kappa shape index (κ1) is 36.2. The highest BCUT2D eigenvalue weighted by molar-refractivity contribution is 7.91. The molecular formula is C41H45N5O6S2. The number of anilines is 1. The molecule has 0 unspecified atom stereocenters. The van der Waals surface area contributed by atoms with Crippen LogP contribution in [-0.4, -0.2) is 71.0 Å². The van der Waals surface area contributed by atoms with Gasteiger partial charge in [-0.2, -0.15) is 0 Å². The molecule has 4 aromatic rings. The summed E-state index contributed by atoms with van der Waals surface area (Å²) in [4.78, 5) is 49.2. The van der Waals surface area contributed by atoms with E-state index in [1.54, 1.807) is 11.8 Å². The quantitative estimate of drug-likeness (QED) is 0.180. The van der Waals surface area contributed by atoms with E-state index in [1.165, 1.54) is 11.3 Å². The molecule has 54 heavy (non-hydrogen) atoms. The monoisotopic (exact) mass is 767 g/mol. The Morgan fingerprint density at radius 2 is 1.70 bits per heavy atom. The van der Waals surface area contributed by atoms with Crippen molar-refractivity contribution in [1.29, 1.82) is 0 Å². The number of rotatable bonds is 8. The van der Waals surface area contributed by atoms with Crippen molar-refractivity contribution in [3.8, 4) is 16.3 Å². The van der Waals surface area contributed by atoms with Crippen molar-refractivity contribution in [2.45, 2.75) is 93.2 Å². The molecule has 3 heterocycles. The third-order valence-corrected chi connectivity index (χ3v) is 14.4. The molecule has 3 fully saturated rings. The van der Waals surface area contributed by atoms with Gasteiger partial charge < -0.3 is 20.3 Å². The number of sulfonamides is 1. The summed E-state index contributed by atoms with van der Waals surface area (Å²) in [5.74, 6) is -1.86. The molecule has 11 nitrogen and oxygen atoms in total. The van der Waals surface area contributed by atoms with Gasteiger partial charge in [0.1, 0.15) is 23.7 Å². The second-order valence-electron chi connectivity index (χ2n) is 15.3. The molecule has 0 bridgehead atoms. The Morgan fingerprint density at radius 1 is 0.963 bits per heavy atom. The smallest absolute Gasteiger partial charge is 0.274 e. The molecule has 5 atom stereocenters. The number of benzene rings is 3. The first-order valence-electron chi connectivity index (χ1n) is 18.8. The number of carbonyl (C=O) groups excluding carboxylic acids is 3. The van der Waals surface area contributed by atoms with Crippen LogP contribution in [0.4, 0.5) is 5.69 Å². The number of carbonyl (C=O) groups is 3. The van der Waals surface area contributed by atoms with Gasteiger partial charge in [-0.15, -0.1) is 0 Å². The summed E-state index contributed by atoms with van der Waals surface area (Å²) in [5.41, 5.74) is 2.31. The van der Waals surface area contributed by atoms with E-state index < -0.39 is 50.3 Å². The number of fused-ring (bicyclic) bond motifs is 3. The van der Waals surface area contributed by atoms with E-state index in [0.29, 0.717) is 24.5 Å². The minimum absolute atomic E-state index is 0.146. The minimum atomic E-state index is -3.94. The standard InChI is InChI=1S/C41H45N5O6S2/c1-40(22-23-40)54(50,51)45-38(49)41-25-29(41)14-8-3-2-4-9-16-33(42-30-20-18-28(19-21-30)27-12-6-5-7-13-27)37(48)46-26-31(24-34(46)36(47)44-41)52-39-43-32-15-10-11-17-35(32)53-39/h5-8,10-15,17-21,29,31,33-34,42H,2-4,9,16,22-26H2,1H3,(H,44,47)(H,45,49)/b14-8-/t29-,31-,33+,34+,41-/m1/s1. The van der Waals surface area contributed by atoms with Gasteiger partial charge in [-0.25, -0.2) is 13.4 Å². The highest BCUT2D eigenvalue weighted by atomic mass is 32.2. The zero-order chi connectivity index (χ0) is 37.5. The second kappa shape index (κ2) is 14.5. The van der Waals surface area contributed by atoms with E-state index in [2.05, 4.69) is 32.5 Å². The number of aromatic nitrogens is 1. The summed E-state index contributed by atoms with van der Waals surface area (Å²) in [6, 6.07) is 24.2. The molecule has 13 heteroatoms. The Hall–Kier alpha value is -4.75. The van der Waals surface area contributed by atoms with Crippen LogP contribution < -0.4 is 20.1 Å². The molecule has 1 saturated heterocycles. The van der Waals surface area contributed by atoms with Crippen molar-refractivity contribution >= 4 is 55.0 Å². The van der Waals surface area contributed by atoms with Crippen molar-refractivity contribution in [2.24, 2.45) is 5.92 Å². The average molecular weight is 768 g/mol. The van der Waals surface area contributed by atoms with Crippen LogP contribution in [0.15, 0.2) is 91.0 Å². The average Bonchev–Trinajstić information content (AvgIpc) is 3.98. The fraction of sp³-hybridized carbons (Fsp3) is 0.415. The number of para-hydroxylation sites is 1. The Balaban J connectivity index is 1.08. The lowest BCUT2D eigenvalue weighted by Crippen LogP contribution is -2.58. The normalized spacial score (nSPS) is 27.4. The molecular weight excluding hydrogens is 723 g/mol. The number of allylic oxidation sites excluding steroid dienone is 1. The summed E-state index contributed by atoms with van der Waals surface area (Å²) in [5, 5.41) is 6.90. The van der Waals surface area contributed by atoms with E-state index in [4.69, 9.17) is 4.74 Å². The largest absolute Gasteiger partial charge is 0.465 e. The van der Waals surface area contributed by atoms with Crippen LogP contribution in [0.1, 0.15) is 64.7 Å². The maximum absolute atomic E-state index is 14.7. The molecule has 282 valence electrons. The molecule has 3 amide bonds. The molecule has 2 aliphatic heterocycles. The number of thiazole rings is 1. The number of nitrogens with zero attached hydrogens (tertiary/aromatic N) is 2. The molecule has 0 spiro atoms. The first-order chi connectivity index (χ1) is 26.0. The number of ether oxygens (including phenoxy) is 1. The molecule has 2 aliphatic carbocycles. The second-order valence-corrected chi connectivity index (χ2v) is 18.5. The molecule has 4 aliphatic rings. The fourth-order valence-corrected chi connectivity index (χ4v) is 9.77. The Labute approximate surface area is 319 Å². The molecule has 3 aromatic carbocycles. The lowest BCUT2D eigenvalue weighted by atomic mass is 10.0. The summed E-state index contributed by atoms with van der Waals surface area (Å²) in [6.45, 7) is 1.77. The van der Waals surface area contributed by atoms with Gasteiger partial charge in [-0.1, -0.05) is 90.9 Å². The van der Waals surface area contributed by atoms with Crippen LogP contribution >= 0.6 is 11.3 Å². The van der Waals surface area contributed by atoms with Crippen LogP contribution in [-0.2, 0) is 24.4 Å². The van der Waals surface area contributed by atoms with Crippen molar-refractivity contribution < 1.29 is 27.5 Å². The van der Waals surface area contributed by atoms with Gasteiger partial charge in [-0.05, 0) is 80.8 Å². The lowest BCUT2D eigenvalue weighted by molar-refractivity contribution is -0.140. The highest BCUT2D eigenvalue weighted by Crippen LogP contribution is 2.47. The van der Waals surface area contributed by atoms with Crippen LogP contribution in [0.2, 0.25) is 0 Å². The van der Waals surface area contributed by atoms with Crippen LogP contribution in [0.5, 0.6) is 5.19 Å². The van der Waals surface area contributed by atoms with Crippen LogP contribution in [0.3, 0.4) is 0 Å². The summed E-state index contributed by atoms with van der Waals surface area (Å²) >= 11 is 1.40. The summed E-state index contributed by atoms with van der Waals surface area (Å²) in [7, 11) is -3.94. The SMILES string of the molecule is CC1(S(=O)(=O)NC(=O)[C@@]23C[C@H]2/C=C\CCCCC[C@H](Nc2ccc(-c4ccccc4)cc2)C(=O)N2C[C@H](Oc4nc5ccccc5s4)C[C@H]2C(=O)N3)CC1. The van der Waals surface area contributed by atoms with Gasteiger partial charge in [0.2, 0.25) is 21.8 Å². The van der Waals surface area contributed by atoms with Gasteiger partial charge in [0.15, 0.2) is 0 Å². The number of nitrogens with one attached hydrogen (secondary N) is 3. The molecule has 1 aromatic heterocycles. The molecule has 0 radical (unpaired) electrons. The zero-order valence-corrected chi connectivity index (χ0v) is 31.8. The van der Waals surface area contributed by atoms with E-state index in [0.717, 1.165) is 52.7 Å². The summed E-state index contributed by atoms with van der Waals surface area (Å²) < 4.78 is 35.0. The van der Waals surface area contributed by atoms with Crippen molar-refractivity contribution in [3.05, 3.63) is 91.0 Å². The number of amides is 3. The van der Waals surface area contributed by atoms with Gasteiger partial charge in [0, 0.05) is 18.0 Å². The number of hydrogen-bond donors (Lipinski definition) is 3. The molecule has 2 saturated carbocycles. The van der Waals surface area contributed by atoms with Crippen molar-refractivity contribution in [1.82, 2.24) is 19.9 Å². The molecule has 8 rings (SSSR count). The zero-order valence-electron chi connectivity index (χ0n) is 30.2. The predicted octanol–water partition coefficient (Wildman–Crippen LogP) is 6.19. The number of hydrogen-bond acceptors (Lipinski definition) is 9. The predicted molar refractivity (Wildman–Crippen MR) is 209 cm³/mol. The Bertz CT molecular complexity index is 2150. The van der Waals surface area contributed by atoms with Gasteiger partial charge in [-0.3, -0.25) is 19.1 Å². The van der Waals surface area contributed by atoms with Crippen LogP contribution in [0, 0.1) is 5.92 Å². The summed E-state index contributed by atoms with van der Waals surface area (Å²) in [6.07, 6.45) is 8.69. The lowest BCUT2D eigenvalue weighted by Gasteiger charge is -2.30. The van der Waals surface area contributed by atoms with E-state index in [1.807, 2.05) is 78.9 Å². The van der Waals surface area contributed by atoms with Crippen molar-refractivity contribution in [2.75, 3.05) is 11.9 Å². The topological polar surface area (TPSA) is 147 Å². The molecule has 3 N–H and O–H groups in total. The van der Waals surface area contributed by atoms with E-state index >= 15 is 0 Å². The third-order valence-electron chi connectivity index (χ3n) is 11.3. The van der Waals surface area contributed by atoms with E-state index in [9.17, 15) is 22.8 Å². The first-order valence-corrected chi connectivity index (χ1v) is 21.1. The van der Waals surface area contributed by atoms with Gasteiger partial charge >= 0.3 is 0 Å². The minimum Gasteiger partial charge on any atom is -0.465 e. The van der Waals surface area contributed by atoms with Gasteiger partial charge in [0.05, 0.1) is 21.5 Å². The highest BCUT2D eigenvalue weighted by Gasteiger charge is 2.63. The Kier molecular flexibility index (Phi) is 9.72. The van der Waals surface area contributed by atoms with Crippen molar-refractivity contribution in [3.63, 3.8) is 0 Å². The fourth-order valence-electron chi connectivity index (χ4n) is 7.58. The maximum atomic E-state index is 14.7. The van der Waals surface area contributed by atoms with E-state index in [-0.39, 0.29) is 31.2 Å². The maximum Gasteiger partial charge on any atom is 0.274 e.